The second-order valence-corrected chi connectivity index (χ2v) is 10.9. The largest absolute Gasteiger partial charge is 0.349 e. The van der Waals surface area contributed by atoms with Crippen LogP contribution in [-0.2, 0) is 15.0 Å². The minimum Gasteiger partial charge on any atom is -0.349 e. The Balaban J connectivity index is 1.12. The highest BCUT2D eigenvalue weighted by Crippen LogP contribution is 2.59. The van der Waals surface area contributed by atoms with E-state index in [1.54, 1.807) is 0 Å². The lowest BCUT2D eigenvalue weighted by Gasteiger charge is -2.56. The molecule has 5 fully saturated rings. The fourth-order valence-corrected chi connectivity index (χ4v) is 7.75. The quantitative estimate of drug-likeness (QED) is 0.725. The van der Waals surface area contributed by atoms with Crippen LogP contribution in [-0.4, -0.2) is 23.9 Å². The van der Waals surface area contributed by atoms with Crippen LogP contribution in [0.15, 0.2) is 60.7 Å². The highest BCUT2D eigenvalue weighted by molar-refractivity contribution is 5.90. The minimum absolute atomic E-state index is 0.00598. The van der Waals surface area contributed by atoms with Crippen molar-refractivity contribution in [1.82, 2.24) is 10.6 Å². The molecule has 0 heterocycles. The first-order valence-corrected chi connectivity index (χ1v) is 12.3. The topological polar surface area (TPSA) is 58.2 Å². The van der Waals surface area contributed by atoms with Crippen molar-refractivity contribution in [3.63, 3.8) is 0 Å². The second kappa shape index (κ2) is 7.47. The summed E-state index contributed by atoms with van der Waals surface area (Å²) in [6.07, 6.45) is 8.24. The van der Waals surface area contributed by atoms with E-state index in [0.717, 1.165) is 43.4 Å². The van der Waals surface area contributed by atoms with E-state index in [1.165, 1.54) is 30.4 Å². The molecule has 7 rings (SSSR count). The van der Waals surface area contributed by atoms with Gasteiger partial charge in [0.1, 0.15) is 0 Å². The molecular formula is C28H32N2O2. The Kier molecular flexibility index (Phi) is 4.67. The van der Waals surface area contributed by atoms with Crippen LogP contribution in [0.4, 0.5) is 0 Å². The average Bonchev–Trinajstić information content (AvgIpc) is 3.55. The summed E-state index contributed by atoms with van der Waals surface area (Å²) in [6.45, 7) is 0.0801. The van der Waals surface area contributed by atoms with Crippen molar-refractivity contribution in [2.75, 3.05) is 6.54 Å². The van der Waals surface area contributed by atoms with Gasteiger partial charge in [-0.3, -0.25) is 9.59 Å². The molecule has 5 saturated carbocycles. The third kappa shape index (κ3) is 3.35. The number of hydrogen-bond acceptors (Lipinski definition) is 2. The smallest absolute Gasteiger partial charge is 0.239 e. The van der Waals surface area contributed by atoms with Crippen LogP contribution in [0.25, 0.3) is 0 Å². The van der Waals surface area contributed by atoms with E-state index < -0.39 is 0 Å². The zero-order chi connectivity index (χ0) is 21.8. The zero-order valence-electron chi connectivity index (χ0n) is 18.6. The molecule has 0 aliphatic heterocycles. The van der Waals surface area contributed by atoms with Gasteiger partial charge in [0, 0.05) is 11.0 Å². The maximum absolute atomic E-state index is 13.1. The highest BCUT2D eigenvalue weighted by Gasteiger charge is 2.60. The summed E-state index contributed by atoms with van der Waals surface area (Å²) >= 11 is 0. The number of carbonyl (C=O) groups excluding carboxylic acids is 2. The lowest BCUT2D eigenvalue weighted by molar-refractivity contribution is -0.130. The number of amides is 2. The first-order valence-electron chi connectivity index (χ1n) is 12.3. The summed E-state index contributed by atoms with van der Waals surface area (Å²) in [5.74, 6) is 2.20. The summed E-state index contributed by atoms with van der Waals surface area (Å²) < 4.78 is 0. The third-order valence-corrected chi connectivity index (χ3v) is 8.72. The van der Waals surface area contributed by atoms with Gasteiger partial charge in [0.25, 0.3) is 0 Å². The Morgan fingerprint density at radius 3 is 1.75 bits per heavy atom. The fraction of sp³-hybridized carbons (Fsp3) is 0.500. The summed E-state index contributed by atoms with van der Waals surface area (Å²) in [5, 5.41) is 6.34. The molecule has 0 aromatic heterocycles. The van der Waals surface area contributed by atoms with Crippen LogP contribution in [0.3, 0.4) is 0 Å². The molecule has 2 N–H and O–H groups in total. The second-order valence-electron chi connectivity index (χ2n) is 10.9. The molecule has 166 valence electrons. The van der Waals surface area contributed by atoms with Gasteiger partial charge in [-0.15, -0.1) is 0 Å². The Labute approximate surface area is 190 Å². The Hall–Kier alpha value is -2.62. The Morgan fingerprint density at radius 2 is 1.25 bits per heavy atom. The van der Waals surface area contributed by atoms with E-state index in [-0.39, 0.29) is 35.2 Å². The van der Waals surface area contributed by atoms with E-state index in [2.05, 4.69) is 34.9 Å². The molecule has 5 aliphatic rings. The maximum atomic E-state index is 13.1. The summed E-state index contributed by atoms with van der Waals surface area (Å²) in [6, 6.07) is 20.6. The summed E-state index contributed by atoms with van der Waals surface area (Å²) in [5.41, 5.74) is 2.05. The van der Waals surface area contributed by atoms with Gasteiger partial charge in [-0.05, 0) is 73.8 Å². The molecule has 4 nitrogen and oxygen atoms in total. The Morgan fingerprint density at radius 1 is 0.750 bits per heavy atom. The molecule has 0 saturated heterocycles. The third-order valence-electron chi connectivity index (χ3n) is 8.72. The molecule has 0 radical (unpaired) electrons. The van der Waals surface area contributed by atoms with Gasteiger partial charge in [0.05, 0.1) is 12.5 Å². The van der Waals surface area contributed by atoms with Crippen LogP contribution in [0.1, 0.15) is 56.1 Å². The van der Waals surface area contributed by atoms with Crippen molar-refractivity contribution in [2.45, 2.75) is 55.9 Å². The predicted molar refractivity (Wildman–Crippen MR) is 124 cm³/mol. The molecule has 5 aliphatic carbocycles. The lowest BCUT2D eigenvalue weighted by Crippen LogP contribution is -2.61. The predicted octanol–water partition coefficient (Wildman–Crippen LogP) is 4.19. The van der Waals surface area contributed by atoms with E-state index >= 15 is 0 Å². The number of nitrogens with one attached hydrogen (secondary N) is 2. The van der Waals surface area contributed by atoms with Gasteiger partial charge >= 0.3 is 0 Å². The van der Waals surface area contributed by atoms with Crippen molar-refractivity contribution < 1.29 is 9.59 Å². The van der Waals surface area contributed by atoms with Crippen molar-refractivity contribution in [3.05, 3.63) is 71.8 Å². The van der Waals surface area contributed by atoms with Gasteiger partial charge in [0.2, 0.25) is 11.8 Å². The molecule has 2 aromatic carbocycles. The van der Waals surface area contributed by atoms with Gasteiger partial charge in [-0.25, -0.2) is 0 Å². The summed E-state index contributed by atoms with van der Waals surface area (Å²) in [4.78, 5) is 26.0. The maximum Gasteiger partial charge on any atom is 0.239 e. The lowest BCUT2D eigenvalue weighted by atomic mass is 9.53. The number of carbonyl (C=O) groups is 2. The fourth-order valence-electron chi connectivity index (χ4n) is 7.75. The normalized spacial score (nSPS) is 33.5. The SMILES string of the molecule is O=C(CNC(=O)C1CC1(c1ccccc1)c1ccccc1)NC12CC3CC(CC(C3)C1)C2. The van der Waals surface area contributed by atoms with Crippen molar-refractivity contribution in [1.29, 1.82) is 0 Å². The number of hydrogen-bond donors (Lipinski definition) is 2. The van der Waals surface area contributed by atoms with Crippen molar-refractivity contribution in [3.8, 4) is 0 Å². The molecule has 0 spiro atoms. The molecule has 2 aromatic rings. The highest BCUT2D eigenvalue weighted by atomic mass is 16.2. The molecule has 2 amide bonds. The van der Waals surface area contributed by atoms with Crippen LogP contribution in [0, 0.1) is 23.7 Å². The van der Waals surface area contributed by atoms with Gasteiger partial charge in [0.15, 0.2) is 0 Å². The monoisotopic (exact) mass is 428 g/mol. The Bertz CT molecular complexity index is 941. The van der Waals surface area contributed by atoms with E-state index in [0.29, 0.717) is 0 Å². The standard InChI is InChI=1S/C28H32N2O2/c31-25(30-27-14-19-11-20(15-27)13-21(12-19)16-27)18-29-26(32)24-17-28(24,22-7-3-1-4-8-22)23-9-5-2-6-10-23/h1-10,19-21,24H,11-18H2,(H,29,32)(H,30,31). The van der Waals surface area contributed by atoms with Crippen molar-refractivity contribution in [2.24, 2.45) is 23.7 Å². The van der Waals surface area contributed by atoms with E-state index in [1.807, 2.05) is 36.4 Å². The van der Waals surface area contributed by atoms with Crippen LogP contribution in [0.2, 0.25) is 0 Å². The molecule has 4 bridgehead atoms. The van der Waals surface area contributed by atoms with E-state index in [4.69, 9.17) is 0 Å². The zero-order valence-corrected chi connectivity index (χ0v) is 18.6. The molecule has 1 unspecified atom stereocenters. The first kappa shape index (κ1) is 20.0. The first-order chi connectivity index (χ1) is 15.6. The van der Waals surface area contributed by atoms with Gasteiger partial charge in [-0.1, -0.05) is 60.7 Å². The number of rotatable bonds is 6. The summed E-state index contributed by atoms with van der Waals surface area (Å²) in [7, 11) is 0. The van der Waals surface area contributed by atoms with Crippen molar-refractivity contribution >= 4 is 11.8 Å². The van der Waals surface area contributed by atoms with Crippen LogP contribution in [0.5, 0.6) is 0 Å². The van der Waals surface area contributed by atoms with Crippen LogP contribution >= 0.6 is 0 Å². The van der Waals surface area contributed by atoms with Gasteiger partial charge in [-0.2, -0.15) is 0 Å². The molecule has 32 heavy (non-hydrogen) atoms. The molecular weight excluding hydrogens is 396 g/mol. The average molecular weight is 429 g/mol. The number of benzene rings is 2. The van der Waals surface area contributed by atoms with E-state index in [9.17, 15) is 9.59 Å². The van der Waals surface area contributed by atoms with Gasteiger partial charge < -0.3 is 10.6 Å². The minimum atomic E-state index is -0.289. The van der Waals surface area contributed by atoms with Crippen LogP contribution < -0.4 is 10.6 Å². The molecule has 4 heteroatoms. The molecule has 1 atom stereocenters.